The molecular formula is C16H15N3. The number of H-pyrrole nitrogens is 1. The van der Waals surface area contributed by atoms with Gasteiger partial charge < -0.3 is 4.98 Å². The second-order valence-electron chi connectivity index (χ2n) is 5.20. The average molecular weight is 249 g/mol. The maximum atomic E-state index is 9.32. The van der Waals surface area contributed by atoms with Crippen molar-refractivity contribution < 1.29 is 0 Å². The van der Waals surface area contributed by atoms with Gasteiger partial charge in [0.25, 0.3) is 0 Å². The molecule has 2 aromatic heterocycles. The smallest absolute Gasteiger partial charge is 0.0735 e. The van der Waals surface area contributed by atoms with E-state index in [1.165, 1.54) is 0 Å². The lowest BCUT2D eigenvalue weighted by atomic mass is 9.89. The van der Waals surface area contributed by atoms with Crippen LogP contribution >= 0.6 is 0 Å². The van der Waals surface area contributed by atoms with Gasteiger partial charge in [0, 0.05) is 34.2 Å². The molecular weight excluding hydrogens is 234 g/mol. The fourth-order valence-corrected chi connectivity index (χ4v) is 2.56. The highest BCUT2D eigenvalue weighted by molar-refractivity contribution is 6.06. The summed E-state index contributed by atoms with van der Waals surface area (Å²) in [5, 5.41) is 11.6. The third-order valence-corrected chi connectivity index (χ3v) is 3.59. The molecule has 0 saturated heterocycles. The number of fused-ring (bicyclic) bond motifs is 3. The van der Waals surface area contributed by atoms with Gasteiger partial charge in [0.15, 0.2) is 0 Å². The molecule has 19 heavy (non-hydrogen) atoms. The van der Waals surface area contributed by atoms with Gasteiger partial charge in [-0.15, -0.1) is 0 Å². The van der Waals surface area contributed by atoms with E-state index >= 15 is 0 Å². The monoisotopic (exact) mass is 249 g/mol. The molecule has 94 valence electrons. The number of rotatable bonds is 2. The molecule has 0 amide bonds. The third kappa shape index (κ3) is 1.86. The molecule has 0 saturated carbocycles. The number of hydrogen-bond donors (Lipinski definition) is 1. The standard InChI is InChI=1S/C16H15N3/c1-10(2)13(8-17)11-3-4-15-12(7-11)14-9-18-6-5-16(14)19-15/h3-7,9-10,13,19H,1-2H3. The molecule has 1 aromatic carbocycles. The van der Waals surface area contributed by atoms with E-state index in [1.54, 1.807) is 6.20 Å². The van der Waals surface area contributed by atoms with Gasteiger partial charge in [0.2, 0.25) is 0 Å². The maximum Gasteiger partial charge on any atom is 0.0735 e. The number of pyridine rings is 1. The predicted molar refractivity (Wildman–Crippen MR) is 76.8 cm³/mol. The van der Waals surface area contributed by atoms with Crippen LogP contribution < -0.4 is 0 Å². The van der Waals surface area contributed by atoms with Crippen molar-refractivity contribution in [2.45, 2.75) is 19.8 Å². The van der Waals surface area contributed by atoms with Crippen LogP contribution in [-0.4, -0.2) is 9.97 Å². The Morgan fingerprint density at radius 3 is 2.68 bits per heavy atom. The van der Waals surface area contributed by atoms with Gasteiger partial charge in [0.05, 0.1) is 12.0 Å². The molecule has 3 rings (SSSR count). The van der Waals surface area contributed by atoms with Gasteiger partial charge in [-0.2, -0.15) is 5.26 Å². The normalized spacial score (nSPS) is 12.9. The van der Waals surface area contributed by atoms with E-state index in [2.05, 4.69) is 42.0 Å². The fourth-order valence-electron chi connectivity index (χ4n) is 2.56. The quantitative estimate of drug-likeness (QED) is 0.746. The van der Waals surface area contributed by atoms with E-state index in [0.717, 1.165) is 27.4 Å². The fraction of sp³-hybridized carbons (Fsp3) is 0.250. The number of nitriles is 1. The van der Waals surface area contributed by atoms with Crippen molar-refractivity contribution in [3.05, 3.63) is 42.2 Å². The van der Waals surface area contributed by atoms with Gasteiger partial charge >= 0.3 is 0 Å². The topological polar surface area (TPSA) is 52.5 Å². The van der Waals surface area contributed by atoms with Crippen molar-refractivity contribution >= 4 is 21.8 Å². The third-order valence-electron chi connectivity index (χ3n) is 3.59. The maximum absolute atomic E-state index is 9.32. The van der Waals surface area contributed by atoms with Gasteiger partial charge in [-0.1, -0.05) is 19.9 Å². The number of benzene rings is 1. The minimum absolute atomic E-state index is 0.0639. The Kier molecular flexibility index (Phi) is 2.72. The van der Waals surface area contributed by atoms with Crippen molar-refractivity contribution in [2.75, 3.05) is 0 Å². The Balaban J connectivity index is 2.25. The lowest BCUT2D eigenvalue weighted by Gasteiger charge is -2.13. The summed E-state index contributed by atoms with van der Waals surface area (Å²) in [5.41, 5.74) is 3.25. The first-order valence-corrected chi connectivity index (χ1v) is 6.45. The molecule has 0 aliphatic rings. The highest BCUT2D eigenvalue weighted by Crippen LogP contribution is 2.30. The van der Waals surface area contributed by atoms with Gasteiger partial charge in [-0.3, -0.25) is 4.98 Å². The number of nitrogens with zero attached hydrogens (tertiary/aromatic N) is 2. The summed E-state index contributed by atoms with van der Waals surface area (Å²) < 4.78 is 0. The Bertz CT molecular complexity index is 777. The summed E-state index contributed by atoms with van der Waals surface area (Å²) in [4.78, 5) is 7.55. The number of aromatic amines is 1. The Hall–Kier alpha value is -2.34. The highest BCUT2D eigenvalue weighted by atomic mass is 14.7. The van der Waals surface area contributed by atoms with E-state index in [4.69, 9.17) is 0 Å². The van der Waals surface area contributed by atoms with Crippen LogP contribution in [0, 0.1) is 17.2 Å². The van der Waals surface area contributed by atoms with Crippen molar-refractivity contribution in [3.63, 3.8) is 0 Å². The van der Waals surface area contributed by atoms with E-state index in [9.17, 15) is 5.26 Å². The van der Waals surface area contributed by atoms with E-state index in [0.29, 0.717) is 5.92 Å². The van der Waals surface area contributed by atoms with Crippen LogP contribution in [0.15, 0.2) is 36.7 Å². The molecule has 0 aliphatic carbocycles. The molecule has 0 aliphatic heterocycles. The van der Waals surface area contributed by atoms with Gasteiger partial charge in [-0.25, -0.2) is 0 Å². The predicted octanol–water partition coefficient (Wildman–Crippen LogP) is 3.98. The van der Waals surface area contributed by atoms with Crippen molar-refractivity contribution in [3.8, 4) is 6.07 Å². The van der Waals surface area contributed by atoms with Gasteiger partial charge in [-0.05, 0) is 29.7 Å². The minimum atomic E-state index is -0.0639. The minimum Gasteiger partial charge on any atom is -0.354 e. The zero-order chi connectivity index (χ0) is 13.4. The summed E-state index contributed by atoms with van der Waals surface area (Å²) >= 11 is 0. The highest BCUT2D eigenvalue weighted by Gasteiger charge is 2.16. The Labute approximate surface area is 111 Å². The van der Waals surface area contributed by atoms with Gasteiger partial charge in [0.1, 0.15) is 0 Å². The number of hydrogen-bond acceptors (Lipinski definition) is 2. The Morgan fingerprint density at radius 1 is 1.16 bits per heavy atom. The number of aromatic nitrogens is 2. The first-order chi connectivity index (χ1) is 9.20. The molecule has 0 bridgehead atoms. The lowest BCUT2D eigenvalue weighted by molar-refractivity contribution is 0.588. The Morgan fingerprint density at radius 2 is 1.95 bits per heavy atom. The summed E-state index contributed by atoms with van der Waals surface area (Å²) in [5.74, 6) is 0.247. The van der Waals surface area contributed by atoms with Crippen LogP contribution in [0.25, 0.3) is 21.8 Å². The van der Waals surface area contributed by atoms with E-state index in [-0.39, 0.29) is 5.92 Å². The average Bonchev–Trinajstić information content (AvgIpc) is 2.77. The second kappa shape index (κ2) is 4.40. The molecule has 3 nitrogen and oxygen atoms in total. The molecule has 1 atom stereocenters. The molecule has 0 radical (unpaired) electrons. The molecule has 3 aromatic rings. The first kappa shape index (κ1) is 11.7. The van der Waals surface area contributed by atoms with Crippen molar-refractivity contribution in [1.82, 2.24) is 9.97 Å². The van der Waals surface area contributed by atoms with E-state index < -0.39 is 0 Å². The summed E-state index contributed by atoms with van der Waals surface area (Å²) in [6.45, 7) is 4.16. The van der Waals surface area contributed by atoms with Crippen LogP contribution in [-0.2, 0) is 0 Å². The van der Waals surface area contributed by atoms with Crippen molar-refractivity contribution in [2.24, 2.45) is 5.92 Å². The SMILES string of the molecule is CC(C)C(C#N)c1ccc2[nH]c3ccncc3c2c1. The first-order valence-electron chi connectivity index (χ1n) is 6.45. The largest absolute Gasteiger partial charge is 0.354 e. The zero-order valence-corrected chi connectivity index (χ0v) is 11.0. The molecule has 3 heteroatoms. The van der Waals surface area contributed by atoms with Crippen molar-refractivity contribution in [1.29, 1.82) is 5.26 Å². The van der Waals surface area contributed by atoms with Crippen LogP contribution in [0.1, 0.15) is 25.3 Å². The molecule has 0 fully saturated rings. The summed E-state index contributed by atoms with van der Waals surface area (Å²) in [7, 11) is 0. The van der Waals surface area contributed by atoms with Crippen LogP contribution in [0.4, 0.5) is 0 Å². The lowest BCUT2D eigenvalue weighted by Crippen LogP contribution is -2.03. The summed E-state index contributed by atoms with van der Waals surface area (Å²) in [6, 6.07) is 10.6. The van der Waals surface area contributed by atoms with Crippen LogP contribution in [0.5, 0.6) is 0 Å². The van der Waals surface area contributed by atoms with Crippen LogP contribution in [0.2, 0.25) is 0 Å². The molecule has 0 spiro atoms. The molecule has 2 heterocycles. The van der Waals surface area contributed by atoms with E-state index in [1.807, 2.05) is 18.3 Å². The zero-order valence-electron chi connectivity index (χ0n) is 11.0. The second-order valence-corrected chi connectivity index (χ2v) is 5.20. The molecule has 1 unspecified atom stereocenters. The van der Waals surface area contributed by atoms with Crippen LogP contribution in [0.3, 0.4) is 0 Å². The number of nitrogens with one attached hydrogen (secondary N) is 1. The molecule has 1 N–H and O–H groups in total. The summed E-state index contributed by atoms with van der Waals surface area (Å²) in [6.07, 6.45) is 3.65.